The first-order valence-electron chi connectivity index (χ1n) is 9.80. The summed E-state index contributed by atoms with van der Waals surface area (Å²) in [5, 5.41) is 21.1. The van der Waals surface area contributed by atoms with Crippen molar-refractivity contribution < 1.29 is 17.6 Å². The van der Waals surface area contributed by atoms with E-state index in [2.05, 4.69) is 11.4 Å². The fourth-order valence-electron chi connectivity index (χ4n) is 3.55. The van der Waals surface area contributed by atoms with Gasteiger partial charge in [-0.05, 0) is 56.2 Å². The molecular weight excluding hydrogens is 431 g/mol. The van der Waals surface area contributed by atoms with Crippen LogP contribution in [-0.4, -0.2) is 19.7 Å². The number of anilines is 1. The zero-order valence-electron chi connectivity index (χ0n) is 17.8. The van der Waals surface area contributed by atoms with E-state index in [1.165, 1.54) is 43.0 Å². The molecule has 0 saturated carbocycles. The van der Waals surface area contributed by atoms with E-state index in [1.54, 1.807) is 25.1 Å². The maximum absolute atomic E-state index is 13.1. The van der Waals surface area contributed by atoms with Crippen LogP contribution >= 0.6 is 0 Å². The quantitative estimate of drug-likeness (QED) is 0.727. The molecule has 3 rings (SSSR count). The van der Waals surface area contributed by atoms with Crippen LogP contribution in [0.2, 0.25) is 0 Å². The van der Waals surface area contributed by atoms with E-state index in [0.29, 0.717) is 16.9 Å². The van der Waals surface area contributed by atoms with Crippen molar-refractivity contribution >= 4 is 21.6 Å². The fraction of sp³-hybridized carbons (Fsp3) is 0.261. The summed E-state index contributed by atoms with van der Waals surface area (Å²) in [4.78, 5) is 14.2. The number of hydrogen-bond donors (Lipinski definition) is 1. The smallest absolute Gasteiger partial charge is 0.326 e. The second-order valence-electron chi connectivity index (χ2n) is 7.59. The number of allylic oxidation sites excluding steroid dienone is 1. The second-order valence-corrected chi connectivity index (χ2v) is 10.1. The van der Waals surface area contributed by atoms with Gasteiger partial charge in [0, 0.05) is 5.70 Å². The monoisotopic (exact) mass is 452 g/mol. The lowest BCUT2D eigenvalue weighted by molar-refractivity contribution is 0.243. The van der Waals surface area contributed by atoms with Gasteiger partial charge in [0.1, 0.15) is 6.67 Å². The predicted molar refractivity (Wildman–Crippen MR) is 117 cm³/mol. The van der Waals surface area contributed by atoms with Gasteiger partial charge >= 0.3 is 6.03 Å². The first-order chi connectivity index (χ1) is 15.1. The van der Waals surface area contributed by atoms with Crippen LogP contribution in [-0.2, 0) is 16.5 Å². The molecule has 1 N–H and O–H groups in total. The number of carbonyl (C=O) groups excluding carboxylic acids is 1. The standard InChI is InChI=1S/C23H21FN4O3S/c1-14(2)32(30,31)21-10-17(12-25)7-8-19(21)22-20(13-26)15(3)28(23(29)27-22)18-6-4-5-16(9-18)11-24/h4-10,14,22H,11H2,1-3H3,(H,27,29). The lowest BCUT2D eigenvalue weighted by Gasteiger charge is -2.34. The van der Waals surface area contributed by atoms with Gasteiger partial charge in [-0.3, -0.25) is 4.90 Å². The molecule has 2 aromatic carbocycles. The Morgan fingerprint density at radius 2 is 1.88 bits per heavy atom. The zero-order chi connectivity index (χ0) is 23.6. The number of carbonyl (C=O) groups is 1. The third-order valence-corrected chi connectivity index (χ3v) is 7.52. The van der Waals surface area contributed by atoms with Crippen molar-refractivity contribution in [3.8, 4) is 12.1 Å². The topological polar surface area (TPSA) is 114 Å². The van der Waals surface area contributed by atoms with Gasteiger partial charge < -0.3 is 5.32 Å². The Labute approximate surface area is 186 Å². The van der Waals surface area contributed by atoms with Crippen molar-refractivity contribution in [3.05, 3.63) is 70.4 Å². The fourth-order valence-corrected chi connectivity index (χ4v) is 4.87. The third kappa shape index (κ3) is 3.95. The van der Waals surface area contributed by atoms with Crippen LogP contribution in [0.1, 0.15) is 43.5 Å². The molecule has 0 spiro atoms. The molecule has 0 aliphatic carbocycles. The minimum Gasteiger partial charge on any atom is -0.326 e. The Balaban J connectivity index is 2.21. The number of nitrogens with one attached hydrogen (secondary N) is 1. The molecule has 0 aromatic heterocycles. The van der Waals surface area contributed by atoms with E-state index in [-0.39, 0.29) is 21.6 Å². The summed E-state index contributed by atoms with van der Waals surface area (Å²) in [6, 6.07) is 12.9. The molecule has 164 valence electrons. The summed E-state index contributed by atoms with van der Waals surface area (Å²) < 4.78 is 39.1. The first-order valence-corrected chi connectivity index (χ1v) is 11.3. The molecule has 1 atom stereocenters. The first kappa shape index (κ1) is 23.0. The van der Waals surface area contributed by atoms with E-state index in [4.69, 9.17) is 0 Å². The largest absolute Gasteiger partial charge is 0.327 e. The van der Waals surface area contributed by atoms with Crippen LogP contribution < -0.4 is 10.2 Å². The van der Waals surface area contributed by atoms with Crippen molar-refractivity contribution in [1.82, 2.24) is 5.32 Å². The zero-order valence-corrected chi connectivity index (χ0v) is 18.6. The normalized spacial score (nSPS) is 16.5. The Bertz CT molecular complexity index is 1300. The molecule has 2 aromatic rings. The molecule has 1 unspecified atom stereocenters. The highest BCUT2D eigenvalue weighted by atomic mass is 32.2. The maximum atomic E-state index is 13.1. The molecule has 9 heteroatoms. The second kappa shape index (κ2) is 8.81. The number of amides is 2. The minimum absolute atomic E-state index is 0.106. The Hall–Kier alpha value is -3.69. The van der Waals surface area contributed by atoms with Gasteiger partial charge in [-0.1, -0.05) is 18.2 Å². The van der Waals surface area contributed by atoms with Gasteiger partial charge in [0.15, 0.2) is 9.84 Å². The van der Waals surface area contributed by atoms with Crippen LogP contribution in [0.25, 0.3) is 0 Å². The summed E-state index contributed by atoms with van der Waals surface area (Å²) in [7, 11) is -3.82. The number of rotatable bonds is 5. The highest BCUT2D eigenvalue weighted by Crippen LogP contribution is 2.37. The Morgan fingerprint density at radius 3 is 2.47 bits per heavy atom. The maximum Gasteiger partial charge on any atom is 0.327 e. The third-order valence-electron chi connectivity index (χ3n) is 5.31. The van der Waals surface area contributed by atoms with Crippen LogP contribution in [0.3, 0.4) is 0 Å². The highest BCUT2D eigenvalue weighted by Gasteiger charge is 2.36. The predicted octanol–water partition coefficient (Wildman–Crippen LogP) is 4.28. The lowest BCUT2D eigenvalue weighted by Crippen LogP contribution is -2.46. The Morgan fingerprint density at radius 1 is 1.16 bits per heavy atom. The molecule has 0 radical (unpaired) electrons. The van der Waals surface area contributed by atoms with E-state index < -0.39 is 33.8 Å². The minimum atomic E-state index is -3.82. The van der Waals surface area contributed by atoms with Crippen molar-refractivity contribution in [2.75, 3.05) is 4.90 Å². The van der Waals surface area contributed by atoms with E-state index in [0.717, 1.165) is 0 Å². The number of hydrogen-bond acceptors (Lipinski definition) is 5. The average Bonchev–Trinajstić information content (AvgIpc) is 2.78. The molecule has 1 aliphatic rings. The summed E-state index contributed by atoms with van der Waals surface area (Å²) in [5.41, 5.74) is 1.56. The molecule has 0 bridgehead atoms. The highest BCUT2D eigenvalue weighted by molar-refractivity contribution is 7.92. The van der Waals surface area contributed by atoms with E-state index in [1.807, 2.05) is 6.07 Å². The number of benzene rings is 2. The van der Waals surface area contributed by atoms with E-state index in [9.17, 15) is 28.1 Å². The molecular formula is C23H21FN4O3S. The van der Waals surface area contributed by atoms with Gasteiger partial charge in [-0.25, -0.2) is 17.6 Å². The van der Waals surface area contributed by atoms with Crippen LogP contribution in [0.5, 0.6) is 0 Å². The van der Waals surface area contributed by atoms with Crippen molar-refractivity contribution in [1.29, 1.82) is 10.5 Å². The number of urea groups is 1. The average molecular weight is 453 g/mol. The summed E-state index contributed by atoms with van der Waals surface area (Å²) >= 11 is 0. The lowest BCUT2D eigenvalue weighted by atomic mass is 9.94. The van der Waals surface area contributed by atoms with E-state index >= 15 is 0 Å². The number of sulfone groups is 1. The van der Waals surface area contributed by atoms with Crippen LogP contribution in [0, 0.1) is 22.7 Å². The molecule has 2 amide bonds. The molecule has 32 heavy (non-hydrogen) atoms. The van der Waals surface area contributed by atoms with Gasteiger partial charge in [-0.2, -0.15) is 10.5 Å². The van der Waals surface area contributed by atoms with Gasteiger partial charge in [0.05, 0.1) is 45.1 Å². The van der Waals surface area contributed by atoms with Crippen LogP contribution in [0.15, 0.2) is 58.6 Å². The Kier molecular flexibility index (Phi) is 6.33. The number of nitriles is 2. The van der Waals surface area contributed by atoms with Crippen LogP contribution in [0.4, 0.5) is 14.9 Å². The number of halogens is 1. The van der Waals surface area contributed by atoms with Crippen molar-refractivity contribution in [3.63, 3.8) is 0 Å². The summed E-state index contributed by atoms with van der Waals surface area (Å²) in [6.45, 7) is 3.90. The number of alkyl halides is 1. The van der Waals surface area contributed by atoms with Gasteiger partial charge in [0.25, 0.3) is 0 Å². The molecule has 0 fully saturated rings. The van der Waals surface area contributed by atoms with Gasteiger partial charge in [-0.15, -0.1) is 0 Å². The molecule has 1 heterocycles. The summed E-state index contributed by atoms with van der Waals surface area (Å²) in [5.74, 6) is 0. The van der Waals surface area contributed by atoms with Crippen molar-refractivity contribution in [2.45, 2.75) is 43.6 Å². The summed E-state index contributed by atoms with van der Waals surface area (Å²) in [6.07, 6.45) is 0. The number of nitrogens with zero attached hydrogens (tertiary/aromatic N) is 3. The molecule has 7 nitrogen and oxygen atoms in total. The SMILES string of the molecule is CC1=C(C#N)C(c2ccc(C#N)cc2S(=O)(=O)C(C)C)NC(=O)N1c1cccc(CF)c1. The van der Waals surface area contributed by atoms with Gasteiger partial charge in [0.2, 0.25) is 0 Å². The van der Waals surface area contributed by atoms with Crippen molar-refractivity contribution in [2.24, 2.45) is 0 Å². The molecule has 1 aliphatic heterocycles. The molecule has 0 saturated heterocycles.